The van der Waals surface area contributed by atoms with Crippen molar-refractivity contribution in [3.05, 3.63) is 53.6 Å². The summed E-state index contributed by atoms with van der Waals surface area (Å²) in [6.07, 6.45) is 0.909. The zero-order chi connectivity index (χ0) is 19.4. The van der Waals surface area contributed by atoms with Gasteiger partial charge in [-0.05, 0) is 48.2 Å². The van der Waals surface area contributed by atoms with Crippen LogP contribution in [0.1, 0.15) is 11.1 Å². The minimum atomic E-state index is -1.12. The molecule has 0 aromatic heterocycles. The lowest BCUT2D eigenvalue weighted by molar-refractivity contribution is -0.141. The number of carbonyl (C=O) groups is 2. The summed E-state index contributed by atoms with van der Waals surface area (Å²) in [6, 6.07) is 11.3. The van der Waals surface area contributed by atoms with E-state index in [1.54, 1.807) is 24.3 Å². The topological polar surface area (TPSA) is 113 Å². The van der Waals surface area contributed by atoms with E-state index in [-0.39, 0.29) is 29.1 Å². The van der Waals surface area contributed by atoms with Crippen LogP contribution in [-0.2, 0) is 27.2 Å². The lowest BCUT2D eigenvalue weighted by Gasteiger charge is -2.16. The average Bonchev–Trinajstić information content (AvgIpc) is 2.93. The summed E-state index contributed by atoms with van der Waals surface area (Å²) < 4.78 is 10.3. The molecule has 0 saturated carbocycles. The number of phenolic OH excluding ortho intramolecular Hbond substituents is 2. The molecule has 2 aromatic carbocycles. The summed E-state index contributed by atoms with van der Waals surface area (Å²) in [5.41, 5.74) is 1.56. The number of aromatic hydroxyl groups is 2. The molecule has 2 aromatic rings. The van der Waals surface area contributed by atoms with Gasteiger partial charge in [-0.3, -0.25) is 4.79 Å². The van der Waals surface area contributed by atoms with Crippen LogP contribution in [0.15, 0.2) is 42.5 Å². The van der Waals surface area contributed by atoms with Crippen LogP contribution in [0, 0.1) is 11.8 Å². The van der Waals surface area contributed by atoms with E-state index in [0.29, 0.717) is 25.0 Å². The number of cyclic esters (lactones) is 1. The van der Waals surface area contributed by atoms with E-state index in [1.807, 2.05) is 6.07 Å². The van der Waals surface area contributed by atoms with Crippen LogP contribution in [0.4, 0.5) is 0 Å². The number of carboxylic acids is 1. The van der Waals surface area contributed by atoms with Gasteiger partial charge in [-0.25, -0.2) is 4.79 Å². The van der Waals surface area contributed by atoms with Gasteiger partial charge in [-0.1, -0.05) is 12.1 Å². The van der Waals surface area contributed by atoms with Gasteiger partial charge in [0.15, 0.2) is 6.61 Å². The summed E-state index contributed by atoms with van der Waals surface area (Å²) >= 11 is 0. The Morgan fingerprint density at radius 1 is 1.07 bits per heavy atom. The molecule has 0 amide bonds. The number of ether oxygens (including phenoxy) is 2. The highest BCUT2D eigenvalue weighted by Crippen LogP contribution is 2.32. The van der Waals surface area contributed by atoms with E-state index in [9.17, 15) is 19.8 Å². The van der Waals surface area contributed by atoms with Gasteiger partial charge in [-0.2, -0.15) is 0 Å². The van der Waals surface area contributed by atoms with E-state index < -0.39 is 18.5 Å². The standard InChI is InChI=1S/C20H20O7/c21-15-3-1-2-12(5-15)4-14-10-27-20(25)18(14)8-13-6-16(22)9-17(7-13)26-11-19(23)24/h1-3,5-7,9,14,18,21-22H,4,8,10-11H2,(H,23,24). The van der Waals surface area contributed by atoms with Crippen LogP contribution in [-0.4, -0.2) is 40.5 Å². The van der Waals surface area contributed by atoms with Gasteiger partial charge < -0.3 is 24.8 Å². The maximum Gasteiger partial charge on any atom is 0.341 e. The van der Waals surface area contributed by atoms with Crippen molar-refractivity contribution in [3.8, 4) is 17.2 Å². The van der Waals surface area contributed by atoms with Gasteiger partial charge in [-0.15, -0.1) is 0 Å². The predicted octanol–water partition coefficient (Wildman–Crippen LogP) is 2.14. The molecule has 27 heavy (non-hydrogen) atoms. The Morgan fingerprint density at radius 3 is 2.59 bits per heavy atom. The normalized spacial score (nSPS) is 18.9. The third kappa shape index (κ3) is 4.91. The van der Waals surface area contributed by atoms with Gasteiger partial charge in [0.25, 0.3) is 0 Å². The molecule has 3 rings (SSSR count). The minimum Gasteiger partial charge on any atom is -0.508 e. The lowest BCUT2D eigenvalue weighted by Crippen LogP contribution is -2.20. The quantitative estimate of drug-likeness (QED) is 0.638. The van der Waals surface area contributed by atoms with Crippen molar-refractivity contribution in [1.29, 1.82) is 0 Å². The Kier molecular flexibility index (Phi) is 5.49. The Balaban J connectivity index is 1.74. The molecule has 2 unspecified atom stereocenters. The number of hydrogen-bond donors (Lipinski definition) is 3. The first-order valence-corrected chi connectivity index (χ1v) is 8.53. The van der Waals surface area contributed by atoms with Crippen LogP contribution < -0.4 is 4.74 Å². The van der Waals surface area contributed by atoms with Crippen LogP contribution in [0.5, 0.6) is 17.2 Å². The van der Waals surface area contributed by atoms with Gasteiger partial charge >= 0.3 is 11.9 Å². The highest BCUT2D eigenvalue weighted by Gasteiger charge is 2.37. The van der Waals surface area contributed by atoms with Crippen LogP contribution in [0.2, 0.25) is 0 Å². The van der Waals surface area contributed by atoms with E-state index in [4.69, 9.17) is 14.6 Å². The monoisotopic (exact) mass is 372 g/mol. The second kappa shape index (κ2) is 7.99. The van der Waals surface area contributed by atoms with E-state index in [0.717, 1.165) is 5.56 Å². The van der Waals surface area contributed by atoms with Crippen molar-refractivity contribution in [1.82, 2.24) is 0 Å². The van der Waals surface area contributed by atoms with Crippen molar-refractivity contribution in [3.63, 3.8) is 0 Å². The Bertz CT molecular complexity index is 846. The SMILES string of the molecule is O=C(O)COc1cc(O)cc(CC2C(=O)OCC2Cc2cccc(O)c2)c1. The number of carboxylic acid groups (broad SMARTS) is 1. The second-order valence-electron chi connectivity index (χ2n) is 6.59. The van der Waals surface area contributed by atoms with Crippen LogP contribution >= 0.6 is 0 Å². The molecular formula is C20H20O7. The largest absolute Gasteiger partial charge is 0.508 e. The van der Waals surface area contributed by atoms with E-state index in [2.05, 4.69) is 0 Å². The highest BCUT2D eigenvalue weighted by molar-refractivity contribution is 5.75. The zero-order valence-corrected chi connectivity index (χ0v) is 14.5. The minimum absolute atomic E-state index is 0.0648. The molecule has 0 spiro atoms. The molecule has 1 fully saturated rings. The van der Waals surface area contributed by atoms with E-state index >= 15 is 0 Å². The van der Waals surface area contributed by atoms with Crippen molar-refractivity contribution in [2.45, 2.75) is 12.8 Å². The smallest absolute Gasteiger partial charge is 0.341 e. The molecule has 3 N–H and O–H groups in total. The molecule has 0 radical (unpaired) electrons. The zero-order valence-electron chi connectivity index (χ0n) is 14.5. The maximum absolute atomic E-state index is 12.2. The van der Waals surface area contributed by atoms with E-state index in [1.165, 1.54) is 12.1 Å². The maximum atomic E-state index is 12.2. The molecule has 2 atom stereocenters. The van der Waals surface area contributed by atoms with Crippen molar-refractivity contribution >= 4 is 11.9 Å². The number of benzene rings is 2. The highest BCUT2D eigenvalue weighted by atomic mass is 16.5. The van der Waals surface area contributed by atoms with Gasteiger partial charge in [0.05, 0.1) is 12.5 Å². The number of rotatable bonds is 7. The predicted molar refractivity (Wildman–Crippen MR) is 94.7 cm³/mol. The van der Waals surface area contributed by atoms with Crippen LogP contribution in [0.25, 0.3) is 0 Å². The molecule has 142 valence electrons. The summed E-state index contributed by atoms with van der Waals surface area (Å²) in [5.74, 6) is -1.57. The molecule has 1 aliphatic rings. The Morgan fingerprint density at radius 2 is 1.85 bits per heavy atom. The first-order valence-electron chi connectivity index (χ1n) is 8.53. The number of carbonyl (C=O) groups excluding carboxylic acids is 1. The molecule has 7 heteroatoms. The van der Waals surface area contributed by atoms with Crippen molar-refractivity contribution < 1.29 is 34.4 Å². The van der Waals surface area contributed by atoms with Gasteiger partial charge in [0.1, 0.15) is 17.2 Å². The summed E-state index contributed by atoms with van der Waals surface area (Å²) in [6.45, 7) is -0.227. The fourth-order valence-electron chi connectivity index (χ4n) is 3.29. The fraction of sp³-hybridized carbons (Fsp3) is 0.300. The molecule has 0 aliphatic carbocycles. The molecule has 0 bridgehead atoms. The number of hydrogen-bond acceptors (Lipinski definition) is 6. The molecule has 7 nitrogen and oxygen atoms in total. The second-order valence-corrected chi connectivity index (χ2v) is 6.59. The van der Waals surface area contributed by atoms with Crippen LogP contribution in [0.3, 0.4) is 0 Å². The molecule has 1 heterocycles. The lowest BCUT2D eigenvalue weighted by atomic mass is 9.85. The third-order valence-electron chi connectivity index (χ3n) is 4.49. The van der Waals surface area contributed by atoms with Gasteiger partial charge in [0.2, 0.25) is 0 Å². The number of aliphatic carboxylic acids is 1. The van der Waals surface area contributed by atoms with Crippen molar-refractivity contribution in [2.24, 2.45) is 11.8 Å². The Hall–Kier alpha value is -3.22. The van der Waals surface area contributed by atoms with Gasteiger partial charge in [0, 0.05) is 12.0 Å². The fourth-order valence-corrected chi connectivity index (χ4v) is 3.29. The number of phenols is 2. The van der Waals surface area contributed by atoms with Crippen molar-refractivity contribution in [2.75, 3.05) is 13.2 Å². The first kappa shape index (κ1) is 18.6. The average molecular weight is 372 g/mol. The summed E-state index contributed by atoms with van der Waals surface area (Å²) in [5, 5.41) is 28.2. The molecular weight excluding hydrogens is 352 g/mol. The Labute approximate surface area is 155 Å². The summed E-state index contributed by atoms with van der Waals surface area (Å²) in [7, 11) is 0. The third-order valence-corrected chi connectivity index (χ3v) is 4.49. The number of esters is 1. The molecule has 1 aliphatic heterocycles. The summed E-state index contributed by atoms with van der Waals surface area (Å²) in [4.78, 5) is 22.8. The first-order chi connectivity index (χ1) is 12.9. The molecule has 1 saturated heterocycles.